The van der Waals surface area contributed by atoms with Crippen molar-refractivity contribution < 1.29 is 23.0 Å². The van der Waals surface area contributed by atoms with E-state index in [-0.39, 0.29) is 11.7 Å². The number of rotatable bonds is 8. The van der Waals surface area contributed by atoms with Gasteiger partial charge in [-0.2, -0.15) is 0 Å². The Bertz CT molecular complexity index is 1120. The zero-order chi connectivity index (χ0) is 24.1. The minimum Gasteiger partial charge on any atom is -0.393 e. The van der Waals surface area contributed by atoms with E-state index in [0.29, 0.717) is 62.0 Å². The predicted molar refractivity (Wildman–Crippen MR) is 129 cm³/mol. The van der Waals surface area contributed by atoms with Gasteiger partial charge in [-0.25, -0.2) is 13.2 Å². The van der Waals surface area contributed by atoms with Gasteiger partial charge in [0, 0.05) is 17.7 Å². The highest BCUT2D eigenvalue weighted by molar-refractivity contribution is 5.75. The summed E-state index contributed by atoms with van der Waals surface area (Å²) in [6, 6.07) is 8.50. The molecule has 0 heterocycles. The third kappa shape index (κ3) is 5.70. The molecule has 0 amide bonds. The second-order valence-electron chi connectivity index (χ2n) is 9.06. The quantitative estimate of drug-likeness (QED) is 0.445. The van der Waals surface area contributed by atoms with E-state index in [1.54, 1.807) is 24.3 Å². The van der Waals surface area contributed by atoms with Crippen molar-refractivity contribution >= 4 is 11.1 Å². The summed E-state index contributed by atoms with van der Waals surface area (Å²) in [5, 5.41) is 9.62. The lowest BCUT2D eigenvalue weighted by atomic mass is 9.88. The van der Waals surface area contributed by atoms with Crippen LogP contribution in [-0.4, -0.2) is 17.8 Å². The number of allylic oxidation sites excluding steroid dienone is 5. The van der Waals surface area contributed by atoms with Crippen molar-refractivity contribution in [3.63, 3.8) is 0 Å². The van der Waals surface area contributed by atoms with Crippen LogP contribution in [-0.2, 0) is 17.8 Å². The van der Waals surface area contributed by atoms with E-state index in [9.17, 15) is 18.3 Å². The second kappa shape index (κ2) is 11.2. The van der Waals surface area contributed by atoms with Crippen molar-refractivity contribution in [2.24, 2.45) is 5.92 Å². The first-order valence-corrected chi connectivity index (χ1v) is 12.1. The average Bonchev–Trinajstić information content (AvgIpc) is 2.85. The lowest BCUT2D eigenvalue weighted by molar-refractivity contribution is 0.134. The van der Waals surface area contributed by atoms with Crippen LogP contribution in [0.15, 0.2) is 54.6 Å². The summed E-state index contributed by atoms with van der Waals surface area (Å²) < 4.78 is 49.4. The molecule has 4 rings (SSSR count). The van der Waals surface area contributed by atoms with E-state index >= 15 is 0 Å². The fourth-order valence-electron chi connectivity index (χ4n) is 4.62. The van der Waals surface area contributed by atoms with Crippen molar-refractivity contribution in [1.29, 1.82) is 0 Å². The fraction of sp³-hybridized carbons (Fsp3) is 0.379. The van der Waals surface area contributed by atoms with Crippen molar-refractivity contribution in [2.75, 3.05) is 6.61 Å². The number of aliphatic hydroxyl groups is 1. The van der Waals surface area contributed by atoms with Crippen LogP contribution >= 0.6 is 0 Å². The summed E-state index contributed by atoms with van der Waals surface area (Å²) >= 11 is 0. The van der Waals surface area contributed by atoms with E-state index in [2.05, 4.69) is 0 Å². The maximum atomic E-state index is 14.8. The Balaban J connectivity index is 1.36. The molecule has 2 aliphatic carbocycles. The van der Waals surface area contributed by atoms with E-state index in [0.717, 1.165) is 23.1 Å². The summed E-state index contributed by atoms with van der Waals surface area (Å²) in [5.41, 5.74) is 3.63. The molecule has 180 valence electrons. The van der Waals surface area contributed by atoms with Crippen LogP contribution in [0.3, 0.4) is 0 Å². The molecule has 2 aromatic carbocycles. The van der Waals surface area contributed by atoms with Gasteiger partial charge in [0.15, 0.2) is 11.6 Å². The largest absolute Gasteiger partial charge is 0.393 e. The highest BCUT2D eigenvalue weighted by Crippen LogP contribution is 2.32. The summed E-state index contributed by atoms with van der Waals surface area (Å²) in [7, 11) is 0. The predicted octanol–water partition coefficient (Wildman–Crippen LogP) is 7.16. The molecule has 0 radical (unpaired) electrons. The SMILES string of the molecule is CCOCc1ccc(C2=CCC(CCc3ccc(C4=CCC(O)CC4)c(F)c3F)C=C2)c(F)c1. The van der Waals surface area contributed by atoms with Crippen LogP contribution in [0.5, 0.6) is 0 Å². The molecule has 1 N–H and O–H groups in total. The van der Waals surface area contributed by atoms with Crippen molar-refractivity contribution in [3.8, 4) is 0 Å². The molecule has 0 aromatic heterocycles. The molecular weight excluding hydrogens is 437 g/mol. The van der Waals surface area contributed by atoms with Gasteiger partial charge in [-0.1, -0.05) is 48.6 Å². The summed E-state index contributed by atoms with van der Waals surface area (Å²) in [5.74, 6) is -1.67. The number of ether oxygens (including phenoxy) is 1. The molecule has 2 aliphatic rings. The molecule has 2 unspecified atom stereocenters. The lowest BCUT2D eigenvalue weighted by Gasteiger charge is -2.19. The lowest BCUT2D eigenvalue weighted by Crippen LogP contribution is -2.11. The highest BCUT2D eigenvalue weighted by atomic mass is 19.2. The van der Waals surface area contributed by atoms with Crippen LogP contribution < -0.4 is 0 Å². The molecule has 0 aliphatic heterocycles. The molecule has 5 heteroatoms. The van der Waals surface area contributed by atoms with Gasteiger partial charge in [0.05, 0.1) is 12.7 Å². The zero-order valence-corrected chi connectivity index (χ0v) is 19.5. The third-order valence-electron chi connectivity index (χ3n) is 6.68. The minimum atomic E-state index is -0.801. The summed E-state index contributed by atoms with van der Waals surface area (Å²) in [4.78, 5) is 0. The Kier molecular flexibility index (Phi) is 8.07. The first kappa shape index (κ1) is 24.5. The van der Waals surface area contributed by atoms with Crippen LogP contribution in [0.1, 0.15) is 61.3 Å². The molecule has 34 heavy (non-hydrogen) atoms. The zero-order valence-electron chi connectivity index (χ0n) is 19.5. The van der Waals surface area contributed by atoms with Gasteiger partial charge in [0.25, 0.3) is 0 Å². The molecule has 2 nitrogen and oxygen atoms in total. The van der Waals surface area contributed by atoms with Crippen molar-refractivity contribution in [2.45, 2.75) is 58.2 Å². The van der Waals surface area contributed by atoms with Crippen molar-refractivity contribution in [3.05, 3.63) is 94.3 Å². The minimum absolute atomic E-state index is 0.189. The van der Waals surface area contributed by atoms with E-state index in [4.69, 9.17) is 4.74 Å². The van der Waals surface area contributed by atoms with Gasteiger partial charge >= 0.3 is 0 Å². The first-order chi connectivity index (χ1) is 16.5. The average molecular weight is 469 g/mol. The standard InChI is InChI=1S/C29H31F3O2/c1-2-34-18-20-6-15-25(27(30)17-20)21-7-3-19(4-8-21)5-9-23-12-16-26(29(32)28(23)31)22-10-13-24(33)14-11-22/h3,6-8,10,12,15-17,19,24,33H,2,4-5,9,11,13-14,18H2,1H3. The number of hydrogen-bond donors (Lipinski definition) is 1. The number of hydrogen-bond acceptors (Lipinski definition) is 2. The number of benzene rings is 2. The monoisotopic (exact) mass is 468 g/mol. The van der Waals surface area contributed by atoms with Crippen LogP contribution in [0.25, 0.3) is 11.1 Å². The normalized spacial score (nSPS) is 20.3. The molecule has 2 atom stereocenters. The first-order valence-electron chi connectivity index (χ1n) is 12.1. The van der Waals surface area contributed by atoms with Crippen molar-refractivity contribution in [1.82, 2.24) is 0 Å². The number of halogens is 3. The Morgan fingerprint density at radius 3 is 2.50 bits per heavy atom. The van der Waals surface area contributed by atoms with Gasteiger partial charge in [-0.15, -0.1) is 0 Å². The van der Waals surface area contributed by atoms with Gasteiger partial charge in [0.1, 0.15) is 5.82 Å². The van der Waals surface area contributed by atoms with Gasteiger partial charge in [0.2, 0.25) is 0 Å². The number of aryl methyl sites for hydroxylation is 1. The molecule has 0 saturated carbocycles. The van der Waals surface area contributed by atoms with E-state index in [1.807, 2.05) is 31.2 Å². The summed E-state index contributed by atoms with van der Waals surface area (Å²) in [6.45, 7) is 2.88. The van der Waals surface area contributed by atoms with E-state index in [1.165, 1.54) is 6.07 Å². The number of aliphatic hydroxyl groups excluding tert-OH is 1. The maximum Gasteiger partial charge on any atom is 0.166 e. The molecular formula is C29H31F3O2. The smallest absolute Gasteiger partial charge is 0.166 e. The second-order valence-corrected chi connectivity index (χ2v) is 9.06. The van der Waals surface area contributed by atoms with E-state index < -0.39 is 17.7 Å². The van der Waals surface area contributed by atoms with Crippen LogP contribution in [0, 0.1) is 23.4 Å². The van der Waals surface area contributed by atoms with Crippen LogP contribution in [0.2, 0.25) is 0 Å². The maximum absolute atomic E-state index is 14.8. The Labute approximate surface area is 199 Å². The van der Waals surface area contributed by atoms with Crippen LogP contribution in [0.4, 0.5) is 13.2 Å². The van der Waals surface area contributed by atoms with Gasteiger partial charge < -0.3 is 9.84 Å². The summed E-state index contributed by atoms with van der Waals surface area (Å²) in [6.07, 6.45) is 10.8. The van der Waals surface area contributed by atoms with Gasteiger partial charge in [-0.05, 0) is 79.7 Å². The molecule has 0 saturated heterocycles. The molecule has 0 fully saturated rings. The molecule has 2 aromatic rings. The molecule has 0 spiro atoms. The van der Waals surface area contributed by atoms with Gasteiger partial charge in [-0.3, -0.25) is 0 Å². The fourth-order valence-corrected chi connectivity index (χ4v) is 4.62. The Morgan fingerprint density at radius 1 is 1.00 bits per heavy atom. The highest BCUT2D eigenvalue weighted by Gasteiger charge is 2.20. The topological polar surface area (TPSA) is 29.5 Å². The molecule has 0 bridgehead atoms. The third-order valence-corrected chi connectivity index (χ3v) is 6.68. The Morgan fingerprint density at radius 2 is 1.82 bits per heavy atom. The Hall–Kier alpha value is -2.63.